The number of carbonyl (C=O) groups is 1. The molecule has 0 atom stereocenters. The summed E-state index contributed by atoms with van der Waals surface area (Å²) in [4.78, 5) is 13.8. The summed E-state index contributed by atoms with van der Waals surface area (Å²) < 4.78 is 11.3. The van der Waals surface area contributed by atoms with Gasteiger partial charge < -0.3 is 14.4 Å². The smallest absolute Gasteiger partial charge is 0.410 e. The van der Waals surface area contributed by atoms with Crippen LogP contribution in [0.4, 0.5) is 4.79 Å². The van der Waals surface area contributed by atoms with E-state index in [0.29, 0.717) is 6.10 Å². The molecule has 109 valence electrons. The van der Waals surface area contributed by atoms with Crippen LogP contribution >= 0.6 is 0 Å². The number of rotatable bonds is 6. The van der Waals surface area contributed by atoms with Crippen LogP contribution in [0, 0.1) is 0 Å². The fourth-order valence-corrected chi connectivity index (χ4v) is 2.04. The predicted molar refractivity (Wildman–Crippen MR) is 76.6 cm³/mol. The molecule has 0 spiro atoms. The Morgan fingerprint density at radius 3 is 2.53 bits per heavy atom. The molecule has 0 aromatic rings. The van der Waals surface area contributed by atoms with Gasteiger partial charge in [0.05, 0.1) is 6.10 Å². The maximum absolute atomic E-state index is 12.0. The van der Waals surface area contributed by atoms with Crippen molar-refractivity contribution in [3.8, 4) is 0 Å². The quantitative estimate of drug-likeness (QED) is 0.556. The molecule has 1 heterocycles. The summed E-state index contributed by atoms with van der Waals surface area (Å²) in [6.45, 7) is 8.18. The van der Waals surface area contributed by atoms with Crippen molar-refractivity contribution in [3.63, 3.8) is 0 Å². The first-order valence-corrected chi connectivity index (χ1v) is 7.93. The number of hydrogen-bond acceptors (Lipinski definition) is 3. The molecule has 0 saturated carbocycles. The highest BCUT2D eigenvalue weighted by Crippen LogP contribution is 2.19. The zero-order valence-electron chi connectivity index (χ0n) is 12.4. The molecule has 3 radical (unpaired) electrons. The molecule has 5 heteroatoms. The van der Waals surface area contributed by atoms with E-state index in [-0.39, 0.29) is 11.7 Å². The second kappa shape index (κ2) is 7.90. The van der Waals surface area contributed by atoms with Gasteiger partial charge in [0.15, 0.2) is 0 Å². The summed E-state index contributed by atoms with van der Waals surface area (Å²) in [5, 5.41) is 0. The average molecular weight is 284 g/mol. The molecule has 1 rings (SSSR count). The van der Waals surface area contributed by atoms with Crippen LogP contribution in [0.3, 0.4) is 0 Å². The van der Waals surface area contributed by atoms with Crippen LogP contribution in [0.1, 0.15) is 46.5 Å². The van der Waals surface area contributed by atoms with Crippen LogP contribution in [0.15, 0.2) is 0 Å². The van der Waals surface area contributed by atoms with Gasteiger partial charge in [-0.3, -0.25) is 0 Å². The van der Waals surface area contributed by atoms with Gasteiger partial charge in [-0.05, 0) is 39.5 Å². The van der Waals surface area contributed by atoms with Crippen molar-refractivity contribution in [2.24, 2.45) is 0 Å². The Kier molecular flexibility index (Phi) is 6.86. The zero-order chi connectivity index (χ0) is 14.3. The largest absolute Gasteiger partial charge is 0.443 e. The van der Waals surface area contributed by atoms with Gasteiger partial charge in [-0.2, -0.15) is 0 Å². The summed E-state index contributed by atoms with van der Waals surface area (Å²) in [6, 6.07) is 0.970. The second-order valence-electron chi connectivity index (χ2n) is 5.64. The molecule has 0 unspecified atom stereocenters. The van der Waals surface area contributed by atoms with Gasteiger partial charge in [0.2, 0.25) is 0 Å². The summed E-state index contributed by atoms with van der Waals surface area (Å²) in [6.07, 6.45) is 3.77. The Bertz CT molecular complexity index is 276. The molecule has 1 amide bonds. The third-order valence-corrected chi connectivity index (χ3v) is 3.94. The van der Waals surface area contributed by atoms with Gasteiger partial charge in [-0.1, -0.05) is 13.0 Å². The van der Waals surface area contributed by atoms with E-state index in [0.717, 1.165) is 51.4 Å². The van der Waals surface area contributed by atoms with Crippen LogP contribution < -0.4 is 0 Å². The molecule has 4 nitrogen and oxygen atoms in total. The minimum absolute atomic E-state index is 0.189. The van der Waals surface area contributed by atoms with E-state index >= 15 is 0 Å². The zero-order valence-corrected chi connectivity index (χ0v) is 13.4. The standard InChI is InChI=1S/C14H26NO3Si/c1-4-14(2,3)18-13(16)15-8-6-12(7-9-15)17-10-5-11-19/h12H,4-11H2,1-3H3. The molecule has 0 bridgehead atoms. The number of carbonyl (C=O) groups excluding carboxylic acids is 1. The fourth-order valence-electron chi connectivity index (χ4n) is 1.90. The molecular formula is C14H26NO3Si. The molecule has 0 aromatic carbocycles. The number of piperidine rings is 1. The number of likely N-dealkylation sites (tertiary alicyclic amines) is 1. The lowest BCUT2D eigenvalue weighted by Crippen LogP contribution is -2.44. The highest BCUT2D eigenvalue weighted by atomic mass is 28.1. The first kappa shape index (κ1) is 16.5. The number of hydrogen-bond donors (Lipinski definition) is 0. The lowest BCUT2D eigenvalue weighted by atomic mass is 10.1. The lowest BCUT2D eigenvalue weighted by Gasteiger charge is -2.34. The van der Waals surface area contributed by atoms with E-state index in [1.165, 1.54) is 0 Å². The lowest BCUT2D eigenvalue weighted by molar-refractivity contribution is -0.0169. The normalized spacial score (nSPS) is 17.6. The molecule has 0 aliphatic carbocycles. The van der Waals surface area contributed by atoms with Crippen LogP contribution in [-0.4, -0.2) is 52.6 Å². The van der Waals surface area contributed by atoms with Crippen LogP contribution in [0.2, 0.25) is 6.04 Å². The Labute approximate surface area is 120 Å². The summed E-state index contributed by atoms with van der Waals surface area (Å²) in [5.41, 5.74) is -0.375. The van der Waals surface area contributed by atoms with Gasteiger partial charge in [-0.25, -0.2) is 4.79 Å². The van der Waals surface area contributed by atoms with E-state index in [1.54, 1.807) is 4.90 Å². The predicted octanol–water partition coefficient (Wildman–Crippen LogP) is 2.77. The highest BCUT2D eigenvalue weighted by Gasteiger charge is 2.28. The van der Waals surface area contributed by atoms with Crippen molar-refractivity contribution in [2.45, 2.75) is 64.2 Å². The molecular weight excluding hydrogens is 258 g/mol. The third-order valence-electron chi connectivity index (χ3n) is 3.59. The summed E-state index contributed by atoms with van der Waals surface area (Å²) in [7, 11) is 3.43. The Morgan fingerprint density at radius 1 is 1.37 bits per heavy atom. The van der Waals surface area contributed by atoms with Crippen LogP contribution in [0.5, 0.6) is 0 Å². The van der Waals surface area contributed by atoms with Gasteiger partial charge in [-0.15, -0.1) is 0 Å². The molecule has 0 N–H and O–H groups in total. The Morgan fingerprint density at radius 2 is 2.00 bits per heavy atom. The van der Waals surface area contributed by atoms with Crippen molar-refractivity contribution in [3.05, 3.63) is 0 Å². The van der Waals surface area contributed by atoms with Crippen molar-refractivity contribution >= 4 is 16.3 Å². The van der Waals surface area contributed by atoms with E-state index in [4.69, 9.17) is 9.47 Å². The maximum atomic E-state index is 12.0. The van der Waals surface area contributed by atoms with Crippen molar-refractivity contribution in [1.82, 2.24) is 4.90 Å². The van der Waals surface area contributed by atoms with Crippen LogP contribution in [0.25, 0.3) is 0 Å². The van der Waals surface area contributed by atoms with E-state index in [9.17, 15) is 4.79 Å². The second-order valence-corrected chi connectivity index (χ2v) is 6.14. The Hall–Kier alpha value is -0.553. The monoisotopic (exact) mass is 284 g/mol. The minimum Gasteiger partial charge on any atom is -0.443 e. The van der Waals surface area contributed by atoms with E-state index in [2.05, 4.69) is 10.2 Å². The first-order valence-electron chi connectivity index (χ1n) is 7.22. The summed E-state index contributed by atoms with van der Waals surface area (Å²) >= 11 is 0. The first-order chi connectivity index (χ1) is 8.98. The minimum atomic E-state index is -0.375. The number of ether oxygens (including phenoxy) is 2. The molecule has 19 heavy (non-hydrogen) atoms. The van der Waals surface area contributed by atoms with Gasteiger partial charge in [0, 0.05) is 29.9 Å². The van der Waals surface area contributed by atoms with E-state index < -0.39 is 0 Å². The maximum Gasteiger partial charge on any atom is 0.410 e. The number of amides is 1. The molecule has 1 saturated heterocycles. The third kappa shape index (κ3) is 5.95. The fraction of sp³-hybridized carbons (Fsp3) is 0.929. The van der Waals surface area contributed by atoms with Gasteiger partial charge in [0.25, 0.3) is 0 Å². The highest BCUT2D eigenvalue weighted by molar-refractivity contribution is 6.08. The molecule has 1 aliphatic heterocycles. The van der Waals surface area contributed by atoms with Gasteiger partial charge in [0.1, 0.15) is 5.60 Å². The van der Waals surface area contributed by atoms with Crippen molar-refractivity contribution in [1.29, 1.82) is 0 Å². The van der Waals surface area contributed by atoms with Crippen molar-refractivity contribution in [2.75, 3.05) is 19.7 Å². The van der Waals surface area contributed by atoms with Crippen molar-refractivity contribution < 1.29 is 14.3 Å². The molecule has 1 fully saturated rings. The topological polar surface area (TPSA) is 38.8 Å². The van der Waals surface area contributed by atoms with E-state index in [1.807, 2.05) is 20.8 Å². The summed E-state index contributed by atoms with van der Waals surface area (Å²) in [5.74, 6) is 0. The SMILES string of the molecule is CCC(C)(C)OC(=O)N1CCC(OCCC[Si])CC1. The average Bonchev–Trinajstić information content (AvgIpc) is 2.39. The molecule has 1 aliphatic rings. The Balaban J connectivity index is 2.27. The number of nitrogens with zero attached hydrogens (tertiary/aromatic N) is 1. The van der Waals surface area contributed by atoms with Gasteiger partial charge >= 0.3 is 6.09 Å². The van der Waals surface area contributed by atoms with Crippen LogP contribution in [-0.2, 0) is 9.47 Å². The molecule has 0 aromatic heterocycles.